The normalized spacial score (nSPS) is 12.4. The second-order valence-electron chi connectivity index (χ2n) is 4.73. The van der Waals surface area contributed by atoms with E-state index in [2.05, 4.69) is 0 Å². The third kappa shape index (κ3) is 3.55. The second kappa shape index (κ2) is 6.18. The number of hydrogen-bond donors (Lipinski definition) is 1. The van der Waals surface area contributed by atoms with Crippen molar-refractivity contribution in [2.24, 2.45) is 0 Å². The summed E-state index contributed by atoms with van der Waals surface area (Å²) in [5.41, 5.74) is 3.02. The van der Waals surface area contributed by atoms with Gasteiger partial charge in [-0.05, 0) is 48.2 Å². The Labute approximate surface area is 117 Å². The lowest BCUT2D eigenvalue weighted by Crippen LogP contribution is -2.08. The molecule has 0 radical (unpaired) electrons. The molecule has 0 aromatic heterocycles. The van der Waals surface area contributed by atoms with Gasteiger partial charge in [0, 0.05) is 10.9 Å². The van der Waals surface area contributed by atoms with Gasteiger partial charge in [0.15, 0.2) is 0 Å². The Kier molecular flexibility index (Phi) is 4.56. The number of aliphatic hydroxyl groups is 1. The molecule has 100 valence electrons. The van der Waals surface area contributed by atoms with Gasteiger partial charge in [0.25, 0.3) is 0 Å². The van der Waals surface area contributed by atoms with Crippen LogP contribution in [0.5, 0.6) is 0 Å². The summed E-state index contributed by atoms with van der Waals surface area (Å²) < 4.78 is 12.9. The van der Waals surface area contributed by atoms with Crippen molar-refractivity contribution in [3.8, 4) is 0 Å². The van der Waals surface area contributed by atoms with Crippen LogP contribution in [-0.4, -0.2) is 11.7 Å². The van der Waals surface area contributed by atoms with Gasteiger partial charge in [0.2, 0.25) is 0 Å². The van der Waals surface area contributed by atoms with Gasteiger partial charge in [0.1, 0.15) is 5.82 Å². The van der Waals surface area contributed by atoms with Crippen LogP contribution < -0.4 is 0 Å². The van der Waals surface area contributed by atoms with Crippen molar-refractivity contribution in [1.29, 1.82) is 0 Å². The topological polar surface area (TPSA) is 20.2 Å². The SMILES string of the molecule is Cc1ccc(CC(CO)c2ccc(F)cc2)c(Cl)c1. The van der Waals surface area contributed by atoms with E-state index in [9.17, 15) is 9.50 Å². The van der Waals surface area contributed by atoms with Gasteiger partial charge in [-0.1, -0.05) is 35.9 Å². The van der Waals surface area contributed by atoms with E-state index in [1.54, 1.807) is 12.1 Å². The Bertz CT molecular complexity index is 551. The number of benzene rings is 2. The Balaban J connectivity index is 2.21. The van der Waals surface area contributed by atoms with Crippen LogP contribution >= 0.6 is 11.6 Å². The average Bonchev–Trinajstić information content (AvgIpc) is 2.39. The fourth-order valence-electron chi connectivity index (χ4n) is 2.11. The lowest BCUT2D eigenvalue weighted by Gasteiger charge is -2.16. The number of rotatable bonds is 4. The van der Waals surface area contributed by atoms with E-state index >= 15 is 0 Å². The summed E-state index contributed by atoms with van der Waals surface area (Å²) in [7, 11) is 0. The van der Waals surface area contributed by atoms with Gasteiger partial charge in [-0.3, -0.25) is 0 Å². The maximum Gasteiger partial charge on any atom is 0.123 e. The zero-order chi connectivity index (χ0) is 13.8. The molecule has 1 atom stereocenters. The lowest BCUT2D eigenvalue weighted by atomic mass is 9.92. The van der Waals surface area contributed by atoms with Crippen LogP contribution in [0.3, 0.4) is 0 Å². The van der Waals surface area contributed by atoms with Gasteiger partial charge in [-0.15, -0.1) is 0 Å². The van der Waals surface area contributed by atoms with Gasteiger partial charge in [-0.25, -0.2) is 4.39 Å². The molecule has 0 aliphatic rings. The van der Waals surface area contributed by atoms with Crippen molar-refractivity contribution in [2.75, 3.05) is 6.61 Å². The van der Waals surface area contributed by atoms with Crippen molar-refractivity contribution in [3.63, 3.8) is 0 Å². The molecule has 0 amide bonds. The summed E-state index contributed by atoms with van der Waals surface area (Å²) in [6.45, 7) is 2.00. The summed E-state index contributed by atoms with van der Waals surface area (Å²) in [6.07, 6.45) is 0.640. The molecule has 0 bridgehead atoms. The summed E-state index contributed by atoms with van der Waals surface area (Å²) >= 11 is 6.20. The van der Waals surface area contributed by atoms with Crippen molar-refractivity contribution >= 4 is 11.6 Å². The molecule has 0 saturated heterocycles. The van der Waals surface area contributed by atoms with Crippen LogP contribution in [-0.2, 0) is 6.42 Å². The minimum atomic E-state index is -0.270. The third-order valence-corrected chi connectivity index (χ3v) is 3.59. The molecule has 2 rings (SSSR count). The number of hydrogen-bond acceptors (Lipinski definition) is 1. The Hall–Kier alpha value is -1.38. The zero-order valence-corrected chi connectivity index (χ0v) is 11.5. The van der Waals surface area contributed by atoms with Crippen molar-refractivity contribution in [2.45, 2.75) is 19.3 Å². The van der Waals surface area contributed by atoms with E-state index in [0.717, 1.165) is 16.7 Å². The molecule has 0 spiro atoms. The predicted molar refractivity (Wildman–Crippen MR) is 76.1 cm³/mol. The van der Waals surface area contributed by atoms with E-state index in [0.29, 0.717) is 11.4 Å². The van der Waals surface area contributed by atoms with Crippen LogP contribution in [0.1, 0.15) is 22.6 Å². The maximum atomic E-state index is 12.9. The molecule has 2 aromatic rings. The van der Waals surface area contributed by atoms with Gasteiger partial charge in [0.05, 0.1) is 6.61 Å². The molecule has 0 saturated carbocycles. The van der Waals surface area contributed by atoms with Crippen LogP contribution in [0, 0.1) is 12.7 Å². The number of aliphatic hydroxyl groups excluding tert-OH is 1. The summed E-state index contributed by atoms with van der Waals surface area (Å²) in [4.78, 5) is 0. The van der Waals surface area contributed by atoms with Crippen molar-refractivity contribution in [3.05, 3.63) is 70.0 Å². The van der Waals surface area contributed by atoms with Gasteiger partial charge in [-0.2, -0.15) is 0 Å². The summed E-state index contributed by atoms with van der Waals surface area (Å²) in [5, 5.41) is 10.2. The van der Waals surface area contributed by atoms with Crippen LogP contribution in [0.2, 0.25) is 5.02 Å². The maximum absolute atomic E-state index is 12.9. The Morgan fingerprint density at radius 2 is 1.84 bits per heavy atom. The van der Waals surface area contributed by atoms with E-state index in [4.69, 9.17) is 11.6 Å². The zero-order valence-electron chi connectivity index (χ0n) is 10.7. The smallest absolute Gasteiger partial charge is 0.123 e. The van der Waals surface area contributed by atoms with Crippen LogP contribution in [0.25, 0.3) is 0 Å². The number of aryl methyl sites for hydroxylation is 1. The molecule has 19 heavy (non-hydrogen) atoms. The van der Waals surface area contributed by atoms with Crippen LogP contribution in [0.4, 0.5) is 4.39 Å². The van der Waals surface area contributed by atoms with Gasteiger partial charge < -0.3 is 5.11 Å². The van der Waals surface area contributed by atoms with Crippen LogP contribution in [0.15, 0.2) is 42.5 Å². The molecule has 1 nitrogen and oxygen atoms in total. The summed E-state index contributed by atoms with van der Waals surface area (Å²) in [6, 6.07) is 12.1. The Morgan fingerprint density at radius 1 is 1.16 bits per heavy atom. The first kappa shape index (κ1) is 14.0. The highest BCUT2D eigenvalue weighted by molar-refractivity contribution is 6.31. The lowest BCUT2D eigenvalue weighted by molar-refractivity contribution is 0.264. The highest BCUT2D eigenvalue weighted by Gasteiger charge is 2.13. The molecule has 1 N–H and O–H groups in total. The molecule has 3 heteroatoms. The molecule has 0 heterocycles. The fourth-order valence-corrected chi connectivity index (χ4v) is 2.42. The van der Waals surface area contributed by atoms with Crippen molar-refractivity contribution in [1.82, 2.24) is 0 Å². The minimum Gasteiger partial charge on any atom is -0.396 e. The molecule has 0 aliphatic heterocycles. The fraction of sp³-hybridized carbons (Fsp3) is 0.250. The first-order chi connectivity index (χ1) is 9.10. The quantitative estimate of drug-likeness (QED) is 0.892. The van der Waals surface area contributed by atoms with E-state index < -0.39 is 0 Å². The van der Waals surface area contributed by atoms with E-state index in [-0.39, 0.29) is 18.3 Å². The average molecular weight is 279 g/mol. The van der Waals surface area contributed by atoms with E-state index in [1.165, 1.54) is 12.1 Å². The molecule has 1 unspecified atom stereocenters. The van der Waals surface area contributed by atoms with Crippen molar-refractivity contribution < 1.29 is 9.50 Å². The monoisotopic (exact) mass is 278 g/mol. The third-order valence-electron chi connectivity index (χ3n) is 3.24. The number of halogens is 2. The first-order valence-corrected chi connectivity index (χ1v) is 6.59. The summed E-state index contributed by atoms with van der Waals surface area (Å²) in [5.74, 6) is -0.338. The predicted octanol–water partition coefficient (Wildman–Crippen LogP) is 4.11. The highest BCUT2D eigenvalue weighted by Crippen LogP contribution is 2.26. The molecular formula is C16H16ClFO. The Morgan fingerprint density at radius 3 is 2.42 bits per heavy atom. The standard InChI is InChI=1S/C16H16ClFO/c1-11-2-3-13(16(17)8-11)9-14(10-19)12-4-6-15(18)7-5-12/h2-8,14,19H,9-10H2,1H3. The molecule has 0 aliphatic carbocycles. The van der Waals surface area contributed by atoms with E-state index in [1.807, 2.05) is 25.1 Å². The molecule has 2 aromatic carbocycles. The molecular weight excluding hydrogens is 263 g/mol. The minimum absolute atomic E-state index is 0.00976. The van der Waals surface area contributed by atoms with Gasteiger partial charge >= 0.3 is 0 Å². The first-order valence-electron chi connectivity index (χ1n) is 6.21. The molecule has 0 fully saturated rings. The highest BCUT2D eigenvalue weighted by atomic mass is 35.5. The largest absolute Gasteiger partial charge is 0.396 e. The second-order valence-corrected chi connectivity index (χ2v) is 5.14.